The zero-order chi connectivity index (χ0) is 16.1. The first-order chi connectivity index (χ1) is 10.5. The second kappa shape index (κ2) is 7.45. The van der Waals surface area contributed by atoms with Crippen molar-refractivity contribution < 1.29 is 9.63 Å². The van der Waals surface area contributed by atoms with Gasteiger partial charge in [-0.25, -0.2) is 0 Å². The largest absolute Gasteiger partial charge is 0.390 e. The fourth-order valence-corrected chi connectivity index (χ4v) is 2.65. The summed E-state index contributed by atoms with van der Waals surface area (Å²) in [5, 5.41) is 4.79. The third kappa shape index (κ3) is 3.89. The Balaban J connectivity index is 2.01. The molecule has 0 radical (unpaired) electrons. The van der Waals surface area contributed by atoms with Gasteiger partial charge in [0.1, 0.15) is 0 Å². The maximum absolute atomic E-state index is 12.2. The molecule has 0 bridgehead atoms. The van der Waals surface area contributed by atoms with Crippen LogP contribution in [0.4, 0.5) is 0 Å². The van der Waals surface area contributed by atoms with Crippen LogP contribution in [-0.2, 0) is 9.63 Å². The summed E-state index contributed by atoms with van der Waals surface area (Å²) in [5.74, 6) is 0.0417. The van der Waals surface area contributed by atoms with E-state index in [2.05, 4.69) is 11.7 Å². The van der Waals surface area contributed by atoms with E-state index in [9.17, 15) is 4.79 Å². The third-order valence-electron chi connectivity index (χ3n) is 3.50. The average molecular weight is 321 g/mol. The van der Waals surface area contributed by atoms with Crippen molar-refractivity contribution in [3.8, 4) is 0 Å². The SMILES string of the molecule is C=CCN(CC1CC(c2ccccc2Cl)=NO1)C(=O)C(C)C. The molecule has 1 aromatic rings. The lowest BCUT2D eigenvalue weighted by atomic mass is 10.0. The fourth-order valence-electron chi connectivity index (χ4n) is 2.40. The summed E-state index contributed by atoms with van der Waals surface area (Å²) in [4.78, 5) is 19.4. The van der Waals surface area contributed by atoms with Gasteiger partial charge in [-0.3, -0.25) is 4.79 Å². The summed E-state index contributed by atoms with van der Waals surface area (Å²) in [6.45, 7) is 8.50. The Hall–Kier alpha value is -1.81. The minimum Gasteiger partial charge on any atom is -0.390 e. The number of halogens is 1. The highest BCUT2D eigenvalue weighted by Crippen LogP contribution is 2.23. The summed E-state index contributed by atoms with van der Waals surface area (Å²) >= 11 is 6.19. The Morgan fingerprint density at radius 1 is 1.55 bits per heavy atom. The predicted octanol–water partition coefficient (Wildman–Crippen LogP) is 3.50. The van der Waals surface area contributed by atoms with Gasteiger partial charge >= 0.3 is 0 Å². The first-order valence-electron chi connectivity index (χ1n) is 7.40. The average Bonchev–Trinajstić information content (AvgIpc) is 2.94. The summed E-state index contributed by atoms with van der Waals surface area (Å²) in [5.41, 5.74) is 1.71. The van der Waals surface area contributed by atoms with Crippen LogP contribution >= 0.6 is 11.6 Å². The number of hydrogen-bond acceptors (Lipinski definition) is 3. The number of rotatable bonds is 6. The molecule has 1 unspecified atom stereocenters. The van der Waals surface area contributed by atoms with Crippen LogP contribution in [0.15, 0.2) is 42.1 Å². The van der Waals surface area contributed by atoms with E-state index >= 15 is 0 Å². The van der Waals surface area contributed by atoms with Crippen LogP contribution in [0.5, 0.6) is 0 Å². The van der Waals surface area contributed by atoms with Crippen LogP contribution in [0.3, 0.4) is 0 Å². The molecule has 0 aliphatic carbocycles. The number of hydrogen-bond donors (Lipinski definition) is 0. The van der Waals surface area contributed by atoms with Crippen LogP contribution in [-0.4, -0.2) is 35.7 Å². The van der Waals surface area contributed by atoms with Gasteiger partial charge in [-0.2, -0.15) is 0 Å². The van der Waals surface area contributed by atoms with Gasteiger partial charge < -0.3 is 9.74 Å². The normalized spacial score (nSPS) is 17.1. The second-order valence-electron chi connectivity index (χ2n) is 5.64. The van der Waals surface area contributed by atoms with E-state index in [4.69, 9.17) is 16.4 Å². The molecule has 1 heterocycles. The molecular weight excluding hydrogens is 300 g/mol. The molecule has 1 aromatic carbocycles. The maximum Gasteiger partial charge on any atom is 0.225 e. The van der Waals surface area contributed by atoms with Crippen LogP contribution in [0.2, 0.25) is 5.02 Å². The highest BCUT2D eigenvalue weighted by molar-refractivity contribution is 6.34. The minimum atomic E-state index is -0.145. The number of nitrogens with zero attached hydrogens (tertiary/aromatic N) is 2. The lowest BCUT2D eigenvalue weighted by Gasteiger charge is -2.25. The molecule has 5 heteroatoms. The highest BCUT2D eigenvalue weighted by atomic mass is 35.5. The molecule has 0 saturated heterocycles. The molecular formula is C17H21ClN2O2. The Labute approximate surface area is 136 Å². The van der Waals surface area contributed by atoms with Gasteiger partial charge in [0.2, 0.25) is 5.91 Å². The standard InChI is InChI=1S/C17H21ClN2O2/c1-4-9-20(17(21)12(2)3)11-13-10-16(19-22-13)14-7-5-6-8-15(14)18/h4-8,12-13H,1,9-11H2,2-3H3. The van der Waals surface area contributed by atoms with Crippen molar-refractivity contribution in [3.05, 3.63) is 47.5 Å². The number of amides is 1. The van der Waals surface area contributed by atoms with Crippen molar-refractivity contribution in [1.29, 1.82) is 0 Å². The fraction of sp³-hybridized carbons (Fsp3) is 0.412. The van der Waals surface area contributed by atoms with Gasteiger partial charge in [-0.15, -0.1) is 6.58 Å². The van der Waals surface area contributed by atoms with Crippen LogP contribution in [0.25, 0.3) is 0 Å². The van der Waals surface area contributed by atoms with Crippen molar-refractivity contribution in [2.45, 2.75) is 26.4 Å². The second-order valence-corrected chi connectivity index (χ2v) is 6.04. The van der Waals surface area contributed by atoms with Crippen LogP contribution < -0.4 is 0 Å². The number of carbonyl (C=O) groups excluding carboxylic acids is 1. The Bertz CT molecular complexity index is 584. The lowest BCUT2D eigenvalue weighted by molar-refractivity contribution is -0.135. The summed E-state index contributed by atoms with van der Waals surface area (Å²) in [7, 11) is 0. The molecule has 0 aromatic heterocycles. The van der Waals surface area contributed by atoms with Gasteiger partial charge in [-0.1, -0.05) is 54.9 Å². The highest BCUT2D eigenvalue weighted by Gasteiger charge is 2.27. The van der Waals surface area contributed by atoms with E-state index in [1.165, 1.54) is 0 Å². The van der Waals surface area contributed by atoms with Crippen LogP contribution in [0.1, 0.15) is 25.8 Å². The molecule has 1 aliphatic rings. The number of carbonyl (C=O) groups is 1. The Morgan fingerprint density at radius 2 is 2.27 bits per heavy atom. The zero-order valence-corrected chi connectivity index (χ0v) is 13.7. The molecule has 1 atom stereocenters. The van der Waals surface area contributed by atoms with Crippen molar-refractivity contribution >= 4 is 23.2 Å². The first kappa shape index (κ1) is 16.6. The monoisotopic (exact) mass is 320 g/mol. The molecule has 1 amide bonds. The van der Waals surface area contributed by atoms with Crippen molar-refractivity contribution in [2.75, 3.05) is 13.1 Å². The maximum atomic E-state index is 12.2. The van der Waals surface area contributed by atoms with E-state index in [1.807, 2.05) is 38.1 Å². The van der Waals surface area contributed by atoms with Gasteiger partial charge in [0.05, 0.1) is 12.3 Å². The van der Waals surface area contributed by atoms with Crippen molar-refractivity contribution in [1.82, 2.24) is 4.90 Å². The smallest absolute Gasteiger partial charge is 0.225 e. The van der Waals surface area contributed by atoms with Crippen molar-refractivity contribution in [3.63, 3.8) is 0 Å². The minimum absolute atomic E-state index is 0.0506. The zero-order valence-electron chi connectivity index (χ0n) is 13.0. The van der Waals surface area contributed by atoms with E-state index in [1.54, 1.807) is 11.0 Å². The molecule has 1 aliphatic heterocycles. The van der Waals surface area contributed by atoms with Crippen molar-refractivity contribution in [2.24, 2.45) is 11.1 Å². The number of benzene rings is 1. The number of oxime groups is 1. The summed E-state index contributed by atoms with van der Waals surface area (Å²) in [6.07, 6.45) is 2.22. The van der Waals surface area contributed by atoms with E-state index < -0.39 is 0 Å². The Morgan fingerprint density at radius 3 is 2.91 bits per heavy atom. The summed E-state index contributed by atoms with van der Waals surface area (Å²) < 4.78 is 0. The van der Waals surface area contributed by atoms with E-state index in [-0.39, 0.29) is 17.9 Å². The van der Waals surface area contributed by atoms with Crippen LogP contribution in [0, 0.1) is 5.92 Å². The lowest BCUT2D eigenvalue weighted by Crippen LogP contribution is -2.40. The summed E-state index contributed by atoms with van der Waals surface area (Å²) in [6, 6.07) is 7.56. The van der Waals surface area contributed by atoms with Gasteiger partial charge in [0.25, 0.3) is 0 Å². The molecule has 118 valence electrons. The molecule has 4 nitrogen and oxygen atoms in total. The quantitative estimate of drug-likeness (QED) is 0.753. The van der Waals surface area contributed by atoms with Gasteiger partial charge in [-0.05, 0) is 6.07 Å². The van der Waals surface area contributed by atoms with Gasteiger partial charge in [0.15, 0.2) is 6.10 Å². The molecule has 0 fully saturated rings. The first-order valence-corrected chi connectivity index (χ1v) is 7.78. The molecule has 0 saturated carbocycles. The molecule has 22 heavy (non-hydrogen) atoms. The van der Waals surface area contributed by atoms with E-state index in [0.29, 0.717) is 24.5 Å². The predicted molar refractivity (Wildman–Crippen MR) is 89.1 cm³/mol. The molecule has 0 N–H and O–H groups in total. The molecule has 0 spiro atoms. The third-order valence-corrected chi connectivity index (χ3v) is 3.83. The van der Waals surface area contributed by atoms with Gasteiger partial charge in [0, 0.05) is 29.5 Å². The van der Waals surface area contributed by atoms with E-state index in [0.717, 1.165) is 11.3 Å². The topological polar surface area (TPSA) is 41.9 Å². The molecule has 2 rings (SSSR count). The Kier molecular flexibility index (Phi) is 5.61.